The number of nitrogens with zero attached hydrogens (tertiary/aromatic N) is 2. The fraction of sp³-hybridized carbons (Fsp3) is 0.500. The predicted molar refractivity (Wildman–Crippen MR) is 109 cm³/mol. The summed E-state index contributed by atoms with van der Waals surface area (Å²) in [6, 6.07) is 4.77. The quantitative estimate of drug-likeness (QED) is 0.511. The fourth-order valence-electron chi connectivity index (χ4n) is 4.63. The molecule has 1 unspecified atom stereocenters. The van der Waals surface area contributed by atoms with Gasteiger partial charge in [0.2, 0.25) is 5.91 Å². The van der Waals surface area contributed by atoms with Gasteiger partial charge in [-0.1, -0.05) is 18.2 Å². The number of likely N-dealkylation sites (N-methyl/N-ethyl adjacent to an activating group) is 1. The number of nitriles is 1. The number of nitrogens with one attached hydrogen (secondary N) is 2. The highest BCUT2D eigenvalue weighted by atomic mass is 19.1. The number of hydrogen-bond acceptors (Lipinski definition) is 6. The molecule has 2 heterocycles. The van der Waals surface area contributed by atoms with E-state index in [4.69, 9.17) is 5.21 Å². The van der Waals surface area contributed by atoms with Gasteiger partial charge in [-0.3, -0.25) is 19.7 Å². The number of benzene rings is 1. The number of aryl methyl sites for hydroxylation is 2. The van der Waals surface area contributed by atoms with Gasteiger partial charge in [0.05, 0.1) is 29.6 Å². The molecule has 1 aromatic carbocycles. The van der Waals surface area contributed by atoms with Crippen LogP contribution in [0.15, 0.2) is 18.2 Å². The van der Waals surface area contributed by atoms with Crippen molar-refractivity contribution < 1.29 is 19.2 Å². The Morgan fingerprint density at radius 3 is 2.60 bits per heavy atom. The van der Waals surface area contributed by atoms with Gasteiger partial charge in [0.1, 0.15) is 6.17 Å². The number of carbonyl (C=O) groups is 2. The van der Waals surface area contributed by atoms with Gasteiger partial charge in [-0.25, -0.2) is 9.87 Å². The molecule has 4 atom stereocenters. The van der Waals surface area contributed by atoms with Crippen molar-refractivity contribution in [2.75, 3.05) is 20.1 Å². The van der Waals surface area contributed by atoms with Crippen LogP contribution in [0.4, 0.5) is 4.39 Å². The second-order valence-corrected chi connectivity index (χ2v) is 8.19. The van der Waals surface area contributed by atoms with Crippen LogP contribution < -0.4 is 10.8 Å². The Kier molecular flexibility index (Phi) is 6.66. The first-order chi connectivity index (χ1) is 14.3. The number of Topliss-reactive ketones (excluding diaryl/α,β-unsaturated/α-hetero) is 1. The van der Waals surface area contributed by atoms with Crippen molar-refractivity contribution in [3.63, 3.8) is 0 Å². The summed E-state index contributed by atoms with van der Waals surface area (Å²) < 4.78 is 14.0. The zero-order chi connectivity index (χ0) is 22.0. The molecule has 1 saturated heterocycles. The highest BCUT2D eigenvalue weighted by molar-refractivity contribution is 5.96. The van der Waals surface area contributed by atoms with E-state index in [1.165, 1.54) is 0 Å². The zero-order valence-electron chi connectivity index (χ0n) is 17.4. The lowest BCUT2D eigenvalue weighted by Gasteiger charge is -2.40. The molecule has 0 bridgehead atoms. The third kappa shape index (κ3) is 4.29. The lowest BCUT2D eigenvalue weighted by atomic mass is 9.81. The Bertz CT molecular complexity index is 900. The van der Waals surface area contributed by atoms with Gasteiger partial charge in [-0.15, -0.1) is 0 Å². The highest BCUT2D eigenvalue weighted by Crippen LogP contribution is 2.31. The SMILES string of the molecule is Cc1cc(C2=CCNC(C(=O)[C@@H]3[C@@H](C(=O)NO)C[C@@H](F)CN3C)C2)cc(C)c1C#N. The third-order valence-corrected chi connectivity index (χ3v) is 6.09. The molecule has 30 heavy (non-hydrogen) atoms. The molecule has 1 amide bonds. The Morgan fingerprint density at radius 2 is 2.00 bits per heavy atom. The van der Waals surface area contributed by atoms with Gasteiger partial charge < -0.3 is 5.32 Å². The second kappa shape index (κ2) is 9.04. The number of rotatable bonds is 4. The first-order valence-corrected chi connectivity index (χ1v) is 10.0. The van der Waals surface area contributed by atoms with Gasteiger partial charge in [0, 0.05) is 13.1 Å². The van der Waals surface area contributed by atoms with Gasteiger partial charge in [-0.2, -0.15) is 5.26 Å². The first kappa shape index (κ1) is 22.1. The van der Waals surface area contributed by atoms with Gasteiger partial charge >= 0.3 is 0 Å². The van der Waals surface area contributed by atoms with E-state index in [-0.39, 0.29) is 18.7 Å². The van der Waals surface area contributed by atoms with Gasteiger partial charge in [-0.05, 0) is 56.0 Å². The van der Waals surface area contributed by atoms with Crippen LogP contribution in [-0.2, 0) is 9.59 Å². The molecule has 0 aromatic heterocycles. The van der Waals surface area contributed by atoms with Crippen LogP contribution in [0.25, 0.3) is 5.57 Å². The minimum absolute atomic E-state index is 0.0645. The van der Waals surface area contributed by atoms with Crippen LogP contribution in [0.5, 0.6) is 0 Å². The number of likely N-dealkylation sites (tertiary alicyclic amines) is 1. The Labute approximate surface area is 175 Å². The normalized spacial score (nSPS) is 27.1. The molecule has 3 N–H and O–H groups in total. The van der Waals surface area contributed by atoms with Crippen molar-refractivity contribution in [1.29, 1.82) is 5.26 Å². The van der Waals surface area contributed by atoms with Crippen molar-refractivity contribution in [3.8, 4) is 6.07 Å². The summed E-state index contributed by atoms with van der Waals surface area (Å²) >= 11 is 0. The van der Waals surface area contributed by atoms with Crippen LogP contribution in [0.2, 0.25) is 0 Å². The lowest BCUT2D eigenvalue weighted by molar-refractivity contribution is -0.145. The molecular formula is C22H27FN4O3. The molecule has 2 aliphatic heterocycles. The number of piperidine rings is 1. The van der Waals surface area contributed by atoms with E-state index in [1.807, 2.05) is 32.1 Å². The summed E-state index contributed by atoms with van der Waals surface area (Å²) in [6.45, 7) is 4.33. The highest BCUT2D eigenvalue weighted by Gasteiger charge is 2.44. The molecule has 1 fully saturated rings. The molecule has 7 nitrogen and oxygen atoms in total. The van der Waals surface area contributed by atoms with Crippen molar-refractivity contribution in [1.82, 2.24) is 15.7 Å². The molecule has 0 aliphatic carbocycles. The fourth-order valence-corrected chi connectivity index (χ4v) is 4.63. The number of ketones is 1. The molecule has 0 radical (unpaired) electrons. The Morgan fingerprint density at radius 1 is 1.33 bits per heavy atom. The average molecular weight is 414 g/mol. The van der Waals surface area contributed by atoms with E-state index in [1.54, 1.807) is 17.4 Å². The second-order valence-electron chi connectivity index (χ2n) is 8.19. The van der Waals surface area contributed by atoms with E-state index in [2.05, 4.69) is 11.4 Å². The number of hydrogen-bond donors (Lipinski definition) is 3. The summed E-state index contributed by atoms with van der Waals surface area (Å²) in [5, 5.41) is 21.5. The average Bonchev–Trinajstić information content (AvgIpc) is 2.72. The van der Waals surface area contributed by atoms with E-state index in [9.17, 15) is 19.2 Å². The number of carbonyl (C=O) groups excluding carboxylic acids is 2. The summed E-state index contributed by atoms with van der Waals surface area (Å²) in [5.74, 6) is -1.88. The van der Waals surface area contributed by atoms with Crippen molar-refractivity contribution in [3.05, 3.63) is 40.5 Å². The largest absolute Gasteiger partial charge is 0.304 e. The monoisotopic (exact) mass is 414 g/mol. The van der Waals surface area contributed by atoms with Crippen molar-refractivity contribution in [2.24, 2.45) is 5.92 Å². The summed E-state index contributed by atoms with van der Waals surface area (Å²) in [5.41, 5.74) is 5.96. The van der Waals surface area contributed by atoms with E-state index >= 15 is 0 Å². The van der Waals surface area contributed by atoms with E-state index < -0.39 is 30.1 Å². The maximum atomic E-state index is 14.0. The van der Waals surface area contributed by atoms with Crippen LogP contribution >= 0.6 is 0 Å². The van der Waals surface area contributed by atoms with Gasteiger partial charge in [0.15, 0.2) is 5.78 Å². The lowest BCUT2D eigenvalue weighted by Crippen LogP contribution is -2.60. The third-order valence-electron chi connectivity index (χ3n) is 6.09. The molecule has 0 spiro atoms. The Hall–Kier alpha value is -2.60. The van der Waals surface area contributed by atoms with Crippen LogP contribution in [0, 0.1) is 31.1 Å². The summed E-state index contributed by atoms with van der Waals surface area (Å²) in [4.78, 5) is 27.0. The molecule has 1 aromatic rings. The minimum Gasteiger partial charge on any atom is -0.304 e. The number of alkyl halides is 1. The molecule has 0 saturated carbocycles. The minimum atomic E-state index is -1.24. The van der Waals surface area contributed by atoms with Crippen molar-refractivity contribution in [2.45, 2.75) is 44.9 Å². The zero-order valence-corrected chi connectivity index (χ0v) is 17.4. The van der Waals surface area contributed by atoms with Crippen LogP contribution in [0.1, 0.15) is 35.1 Å². The molecule has 8 heteroatoms. The number of hydroxylamine groups is 1. The topological polar surface area (TPSA) is 105 Å². The van der Waals surface area contributed by atoms with E-state index in [0.29, 0.717) is 18.5 Å². The van der Waals surface area contributed by atoms with Crippen LogP contribution in [-0.4, -0.2) is 60.2 Å². The van der Waals surface area contributed by atoms with E-state index in [0.717, 1.165) is 22.3 Å². The summed E-state index contributed by atoms with van der Waals surface area (Å²) in [6.07, 6.45) is 1.11. The number of amides is 1. The predicted octanol–water partition coefficient (Wildman–Crippen LogP) is 1.65. The maximum absolute atomic E-state index is 14.0. The maximum Gasteiger partial charge on any atom is 0.248 e. The number of halogens is 1. The molecular weight excluding hydrogens is 387 g/mol. The first-order valence-electron chi connectivity index (χ1n) is 10.0. The Balaban J connectivity index is 1.83. The van der Waals surface area contributed by atoms with Gasteiger partial charge in [0.25, 0.3) is 0 Å². The molecule has 160 valence electrons. The molecule has 3 rings (SSSR count). The summed E-state index contributed by atoms with van der Waals surface area (Å²) in [7, 11) is 1.62. The smallest absolute Gasteiger partial charge is 0.248 e. The van der Waals surface area contributed by atoms with Crippen LogP contribution in [0.3, 0.4) is 0 Å². The van der Waals surface area contributed by atoms with Crippen molar-refractivity contribution >= 4 is 17.3 Å². The molecule has 2 aliphatic rings. The standard InChI is InChI=1S/C22H27FN4O3/c1-12-6-15(7-13(2)18(12)10-24)14-4-5-25-19(8-14)21(28)20-17(22(29)26-30)9-16(23)11-27(20)3/h4,6-7,16-17,19-20,25,30H,5,8-9,11H2,1-3H3,(H,26,29)/t16-,17+,19?,20+/m1/s1.